The highest BCUT2D eigenvalue weighted by Crippen LogP contribution is 2.24. The number of carboxylic acid groups (broad SMARTS) is 1. The number of carbonyl (C=O) groups is 4. The minimum absolute atomic E-state index is 0.163. The van der Waals surface area contributed by atoms with Gasteiger partial charge in [0.05, 0.1) is 26.1 Å². The molecule has 0 aliphatic rings. The largest absolute Gasteiger partial charge is 0.478 e. The van der Waals surface area contributed by atoms with Crippen molar-refractivity contribution in [1.82, 2.24) is 0 Å². The van der Waals surface area contributed by atoms with E-state index in [4.69, 9.17) is 14.2 Å². The summed E-state index contributed by atoms with van der Waals surface area (Å²) in [4.78, 5) is 49.0. The number of carbonyl (C=O) groups excluding carboxylic acids is 3. The van der Waals surface area contributed by atoms with Gasteiger partial charge >= 0.3 is 23.9 Å². The number of rotatable bonds is 36. The Balaban J connectivity index is 4.12. The summed E-state index contributed by atoms with van der Waals surface area (Å²) in [5, 5.41) is 9.89. The minimum atomic E-state index is -2.34. The van der Waals surface area contributed by atoms with Crippen LogP contribution in [0, 0.1) is 0 Å². The van der Waals surface area contributed by atoms with Crippen LogP contribution in [0.4, 0.5) is 0 Å². The van der Waals surface area contributed by atoms with Gasteiger partial charge in [0.2, 0.25) is 5.60 Å². The standard InChI is InChI=1S/C40H74O8/c1-4-6-8-10-12-14-16-18-20-22-24-26-28-30-32-46-37(42)34-40(39(44)45,48-36(3)41)35-38(43)47-33-31-29-27-25-23-21-19-17-15-13-11-9-7-5-2/h4-35H2,1-3H3,(H,44,45). The first-order chi connectivity index (χ1) is 23.3. The van der Waals surface area contributed by atoms with Gasteiger partial charge in [0.15, 0.2) is 0 Å². The van der Waals surface area contributed by atoms with E-state index in [1.165, 1.54) is 128 Å². The molecule has 0 atom stereocenters. The molecular formula is C40H74O8. The van der Waals surface area contributed by atoms with E-state index in [0.29, 0.717) is 12.8 Å². The summed E-state index contributed by atoms with van der Waals surface area (Å²) < 4.78 is 15.6. The van der Waals surface area contributed by atoms with Crippen molar-refractivity contribution in [3.63, 3.8) is 0 Å². The molecule has 0 saturated carbocycles. The lowest BCUT2D eigenvalue weighted by Crippen LogP contribution is -2.47. The second-order valence-corrected chi connectivity index (χ2v) is 13.9. The minimum Gasteiger partial charge on any atom is -0.478 e. The van der Waals surface area contributed by atoms with Gasteiger partial charge in [-0.05, 0) is 12.8 Å². The fraction of sp³-hybridized carbons (Fsp3) is 0.900. The van der Waals surface area contributed by atoms with Gasteiger partial charge in [-0.3, -0.25) is 14.4 Å². The Bertz CT molecular complexity index is 748. The summed E-state index contributed by atoms with van der Waals surface area (Å²) in [7, 11) is 0. The number of unbranched alkanes of at least 4 members (excludes halogenated alkanes) is 26. The van der Waals surface area contributed by atoms with Crippen LogP contribution in [0.25, 0.3) is 0 Å². The molecule has 0 aliphatic heterocycles. The van der Waals surface area contributed by atoms with Crippen molar-refractivity contribution in [3.05, 3.63) is 0 Å². The molecule has 0 radical (unpaired) electrons. The first-order valence-electron chi connectivity index (χ1n) is 20.0. The smallest absolute Gasteiger partial charge is 0.349 e. The van der Waals surface area contributed by atoms with Crippen molar-refractivity contribution < 1.29 is 38.5 Å². The summed E-state index contributed by atoms with van der Waals surface area (Å²) in [5.41, 5.74) is -2.34. The number of hydrogen-bond acceptors (Lipinski definition) is 7. The van der Waals surface area contributed by atoms with Crippen LogP contribution in [0.5, 0.6) is 0 Å². The third-order valence-corrected chi connectivity index (χ3v) is 9.11. The SMILES string of the molecule is CCCCCCCCCCCCCCCCOC(=O)CC(CC(=O)OCCCCCCCCCCCCCCCC)(OC(C)=O)C(=O)O. The molecule has 0 aromatic carbocycles. The normalized spacial score (nSPS) is 11.4. The quantitative estimate of drug-likeness (QED) is 0.0394. The molecule has 0 saturated heterocycles. The lowest BCUT2D eigenvalue weighted by molar-refractivity contribution is -0.186. The van der Waals surface area contributed by atoms with Gasteiger partial charge in [-0.2, -0.15) is 0 Å². The molecule has 1 N–H and O–H groups in total. The second-order valence-electron chi connectivity index (χ2n) is 13.9. The Hall–Kier alpha value is -2.12. The molecule has 0 unspecified atom stereocenters. The van der Waals surface area contributed by atoms with Crippen molar-refractivity contribution in [2.24, 2.45) is 0 Å². The maximum absolute atomic E-state index is 12.5. The van der Waals surface area contributed by atoms with Gasteiger partial charge in [-0.1, -0.05) is 181 Å². The van der Waals surface area contributed by atoms with E-state index < -0.39 is 42.3 Å². The number of carboxylic acids is 1. The second kappa shape index (κ2) is 33.4. The summed E-state index contributed by atoms with van der Waals surface area (Å²) in [5.74, 6) is -4.09. The monoisotopic (exact) mass is 683 g/mol. The highest BCUT2D eigenvalue weighted by molar-refractivity contribution is 5.91. The Kier molecular flexibility index (Phi) is 31.9. The van der Waals surface area contributed by atoms with Gasteiger partial charge in [0.25, 0.3) is 0 Å². The first-order valence-corrected chi connectivity index (χ1v) is 20.0. The molecule has 8 heteroatoms. The fourth-order valence-electron chi connectivity index (χ4n) is 6.14. The average Bonchev–Trinajstić information content (AvgIpc) is 3.04. The molecule has 0 aromatic heterocycles. The third-order valence-electron chi connectivity index (χ3n) is 9.11. The molecule has 0 aliphatic carbocycles. The zero-order chi connectivity index (χ0) is 35.6. The first kappa shape index (κ1) is 45.9. The maximum atomic E-state index is 12.5. The topological polar surface area (TPSA) is 116 Å². The van der Waals surface area contributed by atoms with E-state index in [1.807, 2.05) is 0 Å². The Labute approximate surface area is 294 Å². The fourth-order valence-corrected chi connectivity index (χ4v) is 6.14. The molecule has 8 nitrogen and oxygen atoms in total. The molecule has 0 heterocycles. The molecule has 282 valence electrons. The van der Waals surface area contributed by atoms with Crippen molar-refractivity contribution in [2.45, 2.75) is 219 Å². The van der Waals surface area contributed by atoms with Crippen LogP contribution in [-0.4, -0.2) is 47.8 Å². The van der Waals surface area contributed by atoms with Crippen LogP contribution in [0.2, 0.25) is 0 Å². The van der Waals surface area contributed by atoms with Crippen molar-refractivity contribution >= 4 is 23.9 Å². The molecule has 48 heavy (non-hydrogen) atoms. The average molecular weight is 683 g/mol. The highest BCUT2D eigenvalue weighted by atomic mass is 16.6. The van der Waals surface area contributed by atoms with Crippen LogP contribution < -0.4 is 0 Å². The number of hydrogen-bond donors (Lipinski definition) is 1. The van der Waals surface area contributed by atoms with Crippen molar-refractivity contribution in [2.75, 3.05) is 13.2 Å². The van der Waals surface area contributed by atoms with E-state index in [0.717, 1.165) is 45.4 Å². The van der Waals surface area contributed by atoms with Gasteiger partial charge in [0, 0.05) is 6.92 Å². The van der Waals surface area contributed by atoms with Gasteiger partial charge in [-0.25, -0.2) is 4.79 Å². The zero-order valence-electron chi connectivity index (χ0n) is 31.4. The molecule has 0 aromatic rings. The van der Waals surface area contributed by atoms with Gasteiger partial charge in [-0.15, -0.1) is 0 Å². The number of aliphatic carboxylic acids is 1. The van der Waals surface area contributed by atoms with E-state index >= 15 is 0 Å². The molecule has 0 fully saturated rings. The molecule has 0 spiro atoms. The third kappa shape index (κ3) is 28.9. The van der Waals surface area contributed by atoms with Crippen LogP contribution in [0.15, 0.2) is 0 Å². The van der Waals surface area contributed by atoms with Crippen LogP contribution >= 0.6 is 0 Å². The number of esters is 3. The van der Waals surface area contributed by atoms with Crippen LogP contribution in [-0.2, 0) is 33.4 Å². The highest BCUT2D eigenvalue weighted by Gasteiger charge is 2.47. The van der Waals surface area contributed by atoms with E-state index in [1.54, 1.807) is 0 Å². The predicted octanol–water partition coefficient (Wildman–Crippen LogP) is 11.2. The summed E-state index contributed by atoms with van der Waals surface area (Å²) in [6.45, 7) is 5.87. The molecule has 0 rings (SSSR count). The maximum Gasteiger partial charge on any atom is 0.349 e. The van der Waals surface area contributed by atoms with Crippen LogP contribution in [0.3, 0.4) is 0 Å². The summed E-state index contributed by atoms with van der Waals surface area (Å²) >= 11 is 0. The lowest BCUT2D eigenvalue weighted by Gasteiger charge is -2.27. The molecular weight excluding hydrogens is 608 g/mol. The van der Waals surface area contributed by atoms with Crippen molar-refractivity contribution in [3.8, 4) is 0 Å². The van der Waals surface area contributed by atoms with Gasteiger partial charge in [0.1, 0.15) is 0 Å². The Morgan fingerprint density at radius 1 is 0.438 bits per heavy atom. The number of ether oxygens (including phenoxy) is 3. The Morgan fingerprint density at radius 3 is 0.917 bits per heavy atom. The van der Waals surface area contributed by atoms with E-state index in [-0.39, 0.29) is 13.2 Å². The predicted molar refractivity (Wildman–Crippen MR) is 194 cm³/mol. The van der Waals surface area contributed by atoms with Gasteiger partial charge < -0.3 is 19.3 Å². The summed E-state index contributed by atoms with van der Waals surface area (Å²) in [6, 6.07) is 0. The summed E-state index contributed by atoms with van der Waals surface area (Å²) in [6.07, 6.45) is 32.5. The molecule has 0 amide bonds. The van der Waals surface area contributed by atoms with Crippen LogP contribution in [0.1, 0.15) is 213 Å². The zero-order valence-corrected chi connectivity index (χ0v) is 31.4. The van der Waals surface area contributed by atoms with E-state index in [9.17, 15) is 24.3 Å². The Morgan fingerprint density at radius 2 is 0.688 bits per heavy atom. The molecule has 0 bridgehead atoms. The van der Waals surface area contributed by atoms with Crippen molar-refractivity contribution in [1.29, 1.82) is 0 Å². The lowest BCUT2D eigenvalue weighted by atomic mass is 9.95. The van der Waals surface area contributed by atoms with E-state index in [2.05, 4.69) is 13.8 Å².